The lowest BCUT2D eigenvalue weighted by molar-refractivity contribution is -0.394. The van der Waals surface area contributed by atoms with Gasteiger partial charge in [0, 0.05) is 28.0 Å². The zero-order valence-corrected chi connectivity index (χ0v) is 16.1. The maximum absolute atomic E-state index is 12.0. The SMILES string of the molecule is C=C(CC(=O)Nc1ccc(Cl)cc1)NNC(=O)Cc1ccc([N+](=O)[O-])cc1[N+](=O)[O-]. The fraction of sp³-hybridized carbons (Fsp3) is 0.111. The van der Waals surface area contributed by atoms with Crippen molar-refractivity contribution in [1.29, 1.82) is 0 Å². The lowest BCUT2D eigenvalue weighted by Gasteiger charge is -2.11. The van der Waals surface area contributed by atoms with Crippen molar-refractivity contribution in [3.63, 3.8) is 0 Å². The fourth-order valence-corrected chi connectivity index (χ4v) is 2.46. The number of non-ortho nitro benzene ring substituents is 1. The molecule has 2 amide bonds. The van der Waals surface area contributed by atoms with Crippen LogP contribution >= 0.6 is 11.6 Å². The van der Waals surface area contributed by atoms with E-state index in [1.807, 2.05) is 0 Å². The van der Waals surface area contributed by atoms with Crippen molar-refractivity contribution in [1.82, 2.24) is 10.9 Å². The molecule has 0 saturated heterocycles. The highest BCUT2D eigenvalue weighted by Gasteiger charge is 2.21. The minimum absolute atomic E-state index is 0.00371. The summed E-state index contributed by atoms with van der Waals surface area (Å²) in [4.78, 5) is 44.3. The lowest BCUT2D eigenvalue weighted by atomic mass is 10.1. The fourth-order valence-electron chi connectivity index (χ4n) is 2.34. The van der Waals surface area contributed by atoms with Crippen molar-refractivity contribution in [2.75, 3.05) is 5.32 Å². The first-order valence-corrected chi connectivity index (χ1v) is 8.73. The maximum atomic E-state index is 12.0. The van der Waals surface area contributed by atoms with Gasteiger partial charge in [0.05, 0.1) is 28.8 Å². The number of carbonyl (C=O) groups is 2. The van der Waals surface area contributed by atoms with Crippen molar-refractivity contribution < 1.29 is 19.4 Å². The van der Waals surface area contributed by atoms with E-state index in [1.54, 1.807) is 24.3 Å². The van der Waals surface area contributed by atoms with Gasteiger partial charge in [-0.2, -0.15) is 0 Å². The molecule has 12 heteroatoms. The van der Waals surface area contributed by atoms with E-state index in [0.717, 1.165) is 18.2 Å². The monoisotopic (exact) mass is 433 g/mol. The smallest absolute Gasteiger partial charge is 0.279 e. The Hall–Kier alpha value is -3.99. The molecular weight excluding hydrogens is 418 g/mol. The van der Waals surface area contributed by atoms with Gasteiger partial charge >= 0.3 is 0 Å². The molecule has 0 radical (unpaired) electrons. The number of anilines is 1. The number of carbonyl (C=O) groups excluding carboxylic acids is 2. The van der Waals surface area contributed by atoms with Crippen LogP contribution in [0.4, 0.5) is 17.1 Å². The molecule has 0 unspecified atom stereocenters. The molecule has 30 heavy (non-hydrogen) atoms. The second kappa shape index (κ2) is 9.98. The third-order valence-corrected chi connectivity index (χ3v) is 3.96. The van der Waals surface area contributed by atoms with Crippen molar-refractivity contribution >= 4 is 40.5 Å². The second-order valence-corrected chi connectivity index (χ2v) is 6.45. The summed E-state index contributed by atoms with van der Waals surface area (Å²) < 4.78 is 0. The molecule has 156 valence electrons. The van der Waals surface area contributed by atoms with Crippen LogP contribution in [0.25, 0.3) is 0 Å². The van der Waals surface area contributed by atoms with E-state index in [-0.39, 0.29) is 17.7 Å². The van der Waals surface area contributed by atoms with E-state index in [0.29, 0.717) is 10.7 Å². The molecule has 0 fully saturated rings. The van der Waals surface area contributed by atoms with Gasteiger partial charge in [0.15, 0.2) is 0 Å². The summed E-state index contributed by atoms with van der Waals surface area (Å²) in [6.45, 7) is 3.62. The van der Waals surface area contributed by atoms with E-state index in [1.165, 1.54) is 0 Å². The van der Waals surface area contributed by atoms with Gasteiger partial charge < -0.3 is 10.7 Å². The number of halogens is 1. The van der Waals surface area contributed by atoms with Crippen LogP contribution in [0.2, 0.25) is 5.02 Å². The van der Waals surface area contributed by atoms with Gasteiger partial charge in [-0.15, -0.1) is 0 Å². The Balaban J connectivity index is 1.87. The third kappa shape index (κ3) is 6.56. The average Bonchev–Trinajstić information content (AvgIpc) is 2.68. The first kappa shape index (κ1) is 22.3. The number of hydrogen-bond acceptors (Lipinski definition) is 7. The third-order valence-electron chi connectivity index (χ3n) is 3.71. The number of nitro groups is 2. The highest BCUT2D eigenvalue weighted by molar-refractivity contribution is 6.30. The number of nitro benzene ring substituents is 2. The number of nitrogens with one attached hydrogen (secondary N) is 3. The highest BCUT2D eigenvalue weighted by Crippen LogP contribution is 2.25. The zero-order valence-electron chi connectivity index (χ0n) is 15.4. The topological polar surface area (TPSA) is 157 Å². The Morgan fingerprint density at radius 3 is 2.23 bits per heavy atom. The molecule has 0 aliphatic carbocycles. The molecule has 2 rings (SSSR count). The summed E-state index contributed by atoms with van der Waals surface area (Å²) in [6.07, 6.45) is -0.563. The lowest BCUT2D eigenvalue weighted by Crippen LogP contribution is -2.38. The minimum Gasteiger partial charge on any atom is -0.326 e. The zero-order chi connectivity index (χ0) is 22.3. The largest absolute Gasteiger partial charge is 0.326 e. The van der Waals surface area contributed by atoms with Gasteiger partial charge in [-0.25, -0.2) is 0 Å². The summed E-state index contributed by atoms with van der Waals surface area (Å²) in [6, 6.07) is 9.47. The number of amides is 2. The molecule has 0 spiro atoms. The number of hydrazine groups is 1. The van der Waals surface area contributed by atoms with Gasteiger partial charge in [0.2, 0.25) is 11.8 Å². The molecule has 0 heterocycles. The molecule has 2 aromatic carbocycles. The number of hydrogen-bond donors (Lipinski definition) is 3. The van der Waals surface area contributed by atoms with Gasteiger partial charge in [0.1, 0.15) is 0 Å². The maximum Gasteiger partial charge on any atom is 0.279 e. The van der Waals surface area contributed by atoms with Gasteiger partial charge in [-0.1, -0.05) is 18.2 Å². The Kier molecular flexibility index (Phi) is 7.42. The second-order valence-electron chi connectivity index (χ2n) is 6.01. The van der Waals surface area contributed by atoms with E-state index in [4.69, 9.17) is 11.6 Å². The van der Waals surface area contributed by atoms with Crippen LogP contribution in [-0.2, 0) is 16.0 Å². The molecule has 11 nitrogen and oxygen atoms in total. The Bertz CT molecular complexity index is 1010. The quantitative estimate of drug-likeness (QED) is 0.405. The van der Waals surface area contributed by atoms with E-state index in [9.17, 15) is 29.8 Å². The standard InChI is InChI=1S/C18H16ClN5O6/c1-11(8-17(25)20-14-5-3-13(19)4-6-14)21-22-18(26)9-12-2-7-15(23(27)28)10-16(12)24(29)30/h2-7,10,21H,1,8-9H2,(H,20,25)(H,22,26). The minimum atomic E-state index is -0.803. The van der Waals surface area contributed by atoms with Crippen LogP contribution in [-0.4, -0.2) is 21.7 Å². The first-order valence-electron chi connectivity index (χ1n) is 8.35. The van der Waals surface area contributed by atoms with Gasteiger partial charge in [-0.3, -0.25) is 35.2 Å². The van der Waals surface area contributed by atoms with Crippen LogP contribution in [0.5, 0.6) is 0 Å². The molecule has 2 aromatic rings. The van der Waals surface area contributed by atoms with Crippen LogP contribution in [0.3, 0.4) is 0 Å². The van der Waals surface area contributed by atoms with E-state index < -0.39 is 39.5 Å². The summed E-state index contributed by atoms with van der Waals surface area (Å²) >= 11 is 5.77. The van der Waals surface area contributed by atoms with Crippen LogP contribution in [0.1, 0.15) is 12.0 Å². The van der Waals surface area contributed by atoms with Crippen molar-refractivity contribution in [2.24, 2.45) is 0 Å². The van der Waals surface area contributed by atoms with Gasteiger partial charge in [0.25, 0.3) is 11.4 Å². The van der Waals surface area contributed by atoms with Crippen LogP contribution in [0.15, 0.2) is 54.7 Å². The Morgan fingerprint density at radius 2 is 1.63 bits per heavy atom. The summed E-state index contributed by atoms with van der Waals surface area (Å²) in [7, 11) is 0. The molecule has 0 aliphatic rings. The summed E-state index contributed by atoms with van der Waals surface area (Å²) in [5, 5.41) is 25.0. The first-order chi connectivity index (χ1) is 14.2. The van der Waals surface area contributed by atoms with Crippen LogP contribution in [0, 0.1) is 20.2 Å². The van der Waals surface area contributed by atoms with Crippen molar-refractivity contribution in [2.45, 2.75) is 12.8 Å². The Labute approximate surface area is 175 Å². The molecule has 0 atom stereocenters. The highest BCUT2D eigenvalue weighted by atomic mass is 35.5. The number of rotatable bonds is 9. The average molecular weight is 434 g/mol. The number of nitrogens with zero attached hydrogens (tertiary/aromatic N) is 2. The predicted molar refractivity (Wildman–Crippen MR) is 109 cm³/mol. The summed E-state index contributed by atoms with van der Waals surface area (Å²) in [5.41, 5.74) is 4.43. The van der Waals surface area contributed by atoms with Gasteiger partial charge in [-0.05, 0) is 30.3 Å². The molecule has 0 bridgehead atoms. The van der Waals surface area contributed by atoms with E-state index in [2.05, 4.69) is 22.7 Å². The normalized spacial score (nSPS) is 10.0. The molecule has 0 aliphatic heterocycles. The van der Waals surface area contributed by atoms with E-state index >= 15 is 0 Å². The predicted octanol–water partition coefficient (Wildman–Crippen LogP) is 2.86. The van der Waals surface area contributed by atoms with Crippen molar-refractivity contribution in [3.8, 4) is 0 Å². The molecule has 3 N–H and O–H groups in total. The summed E-state index contributed by atoms with van der Waals surface area (Å²) in [5.74, 6) is -1.05. The Morgan fingerprint density at radius 1 is 0.967 bits per heavy atom. The van der Waals surface area contributed by atoms with Crippen LogP contribution < -0.4 is 16.2 Å². The van der Waals surface area contributed by atoms with Crippen molar-refractivity contribution in [3.05, 3.63) is 85.6 Å². The molecule has 0 aromatic heterocycles. The molecular formula is C18H16ClN5O6. The molecule has 0 saturated carbocycles. The number of benzene rings is 2.